The highest BCUT2D eigenvalue weighted by Crippen LogP contribution is 2.25. The highest BCUT2D eigenvalue weighted by atomic mass is 32.1. The summed E-state index contributed by atoms with van der Waals surface area (Å²) in [4.78, 5) is 12.0. The fourth-order valence-corrected chi connectivity index (χ4v) is 2.32. The number of ether oxygens (including phenoxy) is 2. The van der Waals surface area contributed by atoms with Crippen molar-refractivity contribution >= 4 is 23.0 Å². The summed E-state index contributed by atoms with van der Waals surface area (Å²) in [5.74, 6) is -0.286. The molecule has 4 nitrogen and oxygen atoms in total. The van der Waals surface area contributed by atoms with Crippen LogP contribution in [-0.4, -0.2) is 32.3 Å². The Balaban J connectivity index is 2.07. The van der Waals surface area contributed by atoms with Crippen LogP contribution < -0.4 is 5.32 Å². The van der Waals surface area contributed by atoms with Gasteiger partial charge in [0.25, 0.3) is 0 Å². The van der Waals surface area contributed by atoms with E-state index in [1.165, 1.54) is 18.4 Å². The first-order valence-electron chi connectivity index (χ1n) is 4.81. The first-order chi connectivity index (χ1) is 7.31. The molecule has 1 aromatic rings. The van der Waals surface area contributed by atoms with E-state index in [0.29, 0.717) is 17.5 Å². The summed E-state index contributed by atoms with van der Waals surface area (Å²) in [6, 6.07) is 2.21. The van der Waals surface area contributed by atoms with E-state index < -0.39 is 0 Å². The van der Waals surface area contributed by atoms with Gasteiger partial charge in [0.2, 0.25) is 0 Å². The first kappa shape index (κ1) is 10.4. The number of hydrogen-bond acceptors (Lipinski definition) is 5. The summed E-state index contributed by atoms with van der Waals surface area (Å²) >= 11 is 1.39. The Morgan fingerprint density at radius 2 is 2.60 bits per heavy atom. The van der Waals surface area contributed by atoms with Gasteiger partial charge >= 0.3 is 5.97 Å². The van der Waals surface area contributed by atoms with Crippen LogP contribution in [0.1, 0.15) is 16.1 Å². The topological polar surface area (TPSA) is 47.6 Å². The molecule has 1 aliphatic rings. The van der Waals surface area contributed by atoms with Crippen LogP contribution >= 0.6 is 11.3 Å². The molecule has 82 valence electrons. The van der Waals surface area contributed by atoms with Gasteiger partial charge in [-0.15, -0.1) is 11.3 Å². The van der Waals surface area contributed by atoms with Gasteiger partial charge in [0.15, 0.2) is 0 Å². The maximum Gasteiger partial charge on any atom is 0.350 e. The van der Waals surface area contributed by atoms with Crippen LogP contribution in [0.4, 0.5) is 5.69 Å². The van der Waals surface area contributed by atoms with Crippen LogP contribution in [0, 0.1) is 0 Å². The molecule has 0 aromatic carbocycles. The van der Waals surface area contributed by atoms with Crippen molar-refractivity contribution in [3.05, 3.63) is 16.3 Å². The van der Waals surface area contributed by atoms with Gasteiger partial charge < -0.3 is 14.8 Å². The van der Waals surface area contributed by atoms with Crippen LogP contribution in [0.15, 0.2) is 11.4 Å². The summed E-state index contributed by atoms with van der Waals surface area (Å²) in [6.45, 7) is 1.49. The van der Waals surface area contributed by atoms with Gasteiger partial charge in [-0.3, -0.25) is 0 Å². The molecule has 15 heavy (non-hydrogen) atoms. The lowest BCUT2D eigenvalue weighted by atomic mass is 10.2. The predicted octanol–water partition coefficient (Wildman–Crippen LogP) is 1.74. The molecule has 0 radical (unpaired) electrons. The monoisotopic (exact) mass is 227 g/mol. The molecule has 1 aliphatic heterocycles. The molecular formula is C10H13NO3S. The number of methoxy groups -OCH3 is 1. The molecule has 1 saturated heterocycles. The molecule has 0 saturated carbocycles. The molecule has 0 amide bonds. The number of anilines is 1. The Labute approximate surface area is 92.2 Å². The molecular weight excluding hydrogens is 214 g/mol. The summed E-state index contributed by atoms with van der Waals surface area (Å²) in [5, 5.41) is 5.17. The number of thiophene rings is 1. The number of hydrogen-bond donors (Lipinski definition) is 1. The number of rotatable bonds is 3. The first-order valence-corrected chi connectivity index (χ1v) is 5.69. The molecule has 2 rings (SSSR count). The van der Waals surface area contributed by atoms with Crippen LogP contribution in [0.2, 0.25) is 0 Å². The summed E-state index contributed by atoms with van der Waals surface area (Å²) < 4.78 is 9.96. The zero-order valence-electron chi connectivity index (χ0n) is 8.49. The molecule has 1 unspecified atom stereocenters. The van der Waals surface area contributed by atoms with Gasteiger partial charge in [0.05, 0.1) is 25.4 Å². The van der Waals surface area contributed by atoms with Crippen molar-refractivity contribution < 1.29 is 14.3 Å². The number of carbonyl (C=O) groups excluding carboxylic acids is 1. The van der Waals surface area contributed by atoms with Crippen LogP contribution in [0.3, 0.4) is 0 Å². The number of nitrogens with one attached hydrogen (secondary N) is 1. The van der Waals surface area contributed by atoms with Gasteiger partial charge in [-0.2, -0.15) is 0 Å². The van der Waals surface area contributed by atoms with Crippen molar-refractivity contribution in [1.82, 2.24) is 0 Å². The fraction of sp³-hybridized carbons (Fsp3) is 0.500. The Morgan fingerprint density at radius 1 is 1.73 bits per heavy atom. The Hall–Kier alpha value is -1.07. The molecule has 0 bridgehead atoms. The van der Waals surface area contributed by atoms with Crippen molar-refractivity contribution in [1.29, 1.82) is 0 Å². The summed E-state index contributed by atoms with van der Waals surface area (Å²) in [5.41, 5.74) is 0.849. The van der Waals surface area contributed by atoms with E-state index in [1.807, 2.05) is 11.4 Å². The lowest BCUT2D eigenvalue weighted by molar-refractivity contribution is 0.0607. The fourth-order valence-electron chi connectivity index (χ4n) is 1.54. The maximum absolute atomic E-state index is 11.4. The van der Waals surface area contributed by atoms with E-state index in [4.69, 9.17) is 9.47 Å². The van der Waals surface area contributed by atoms with Gasteiger partial charge in [0, 0.05) is 6.61 Å². The Kier molecular flexibility index (Phi) is 3.23. The largest absolute Gasteiger partial charge is 0.465 e. The zero-order chi connectivity index (χ0) is 10.7. The lowest BCUT2D eigenvalue weighted by Crippen LogP contribution is -2.19. The zero-order valence-corrected chi connectivity index (χ0v) is 9.30. The average Bonchev–Trinajstić information content (AvgIpc) is 2.88. The van der Waals surface area contributed by atoms with Crippen molar-refractivity contribution in [3.8, 4) is 0 Å². The second-order valence-electron chi connectivity index (χ2n) is 3.36. The molecule has 1 aromatic heterocycles. The lowest BCUT2D eigenvalue weighted by Gasteiger charge is -2.11. The van der Waals surface area contributed by atoms with E-state index in [9.17, 15) is 4.79 Å². The Morgan fingerprint density at radius 3 is 3.27 bits per heavy atom. The molecule has 1 atom stereocenters. The third kappa shape index (κ3) is 2.30. The quantitative estimate of drug-likeness (QED) is 0.799. The van der Waals surface area contributed by atoms with Gasteiger partial charge in [-0.1, -0.05) is 0 Å². The van der Waals surface area contributed by atoms with E-state index in [1.54, 1.807) is 0 Å². The molecule has 1 fully saturated rings. The molecule has 5 heteroatoms. The highest BCUT2D eigenvalue weighted by Gasteiger charge is 2.19. The van der Waals surface area contributed by atoms with Crippen LogP contribution in [0.25, 0.3) is 0 Å². The van der Waals surface area contributed by atoms with E-state index in [-0.39, 0.29) is 5.97 Å². The van der Waals surface area contributed by atoms with Gasteiger partial charge in [-0.05, 0) is 17.9 Å². The van der Waals surface area contributed by atoms with E-state index in [0.717, 1.165) is 18.7 Å². The summed E-state index contributed by atoms with van der Waals surface area (Å²) in [6.07, 6.45) is 0.983. The van der Waals surface area contributed by atoms with E-state index in [2.05, 4.69) is 5.32 Å². The summed E-state index contributed by atoms with van der Waals surface area (Å²) in [7, 11) is 1.39. The molecule has 1 N–H and O–H groups in total. The second kappa shape index (κ2) is 4.63. The standard InChI is InChI=1S/C10H13NO3S/c1-13-10(12)9-8(3-5-15-9)11-7-2-4-14-6-7/h3,5,7,11H,2,4,6H2,1H3. The second-order valence-corrected chi connectivity index (χ2v) is 4.28. The minimum absolute atomic E-state index is 0.286. The predicted molar refractivity (Wildman–Crippen MR) is 58.5 cm³/mol. The molecule has 2 heterocycles. The normalized spacial score (nSPS) is 20.2. The average molecular weight is 227 g/mol. The van der Waals surface area contributed by atoms with Gasteiger partial charge in [-0.25, -0.2) is 4.79 Å². The van der Waals surface area contributed by atoms with Crippen molar-refractivity contribution in [2.75, 3.05) is 25.6 Å². The third-order valence-electron chi connectivity index (χ3n) is 2.33. The van der Waals surface area contributed by atoms with Crippen molar-refractivity contribution in [2.24, 2.45) is 0 Å². The van der Waals surface area contributed by atoms with E-state index >= 15 is 0 Å². The number of carbonyl (C=O) groups is 1. The third-order valence-corrected chi connectivity index (χ3v) is 3.22. The van der Waals surface area contributed by atoms with Gasteiger partial charge in [0.1, 0.15) is 4.88 Å². The van der Waals surface area contributed by atoms with Crippen LogP contribution in [-0.2, 0) is 9.47 Å². The minimum Gasteiger partial charge on any atom is -0.465 e. The molecule has 0 spiro atoms. The smallest absolute Gasteiger partial charge is 0.350 e. The number of esters is 1. The SMILES string of the molecule is COC(=O)c1sccc1NC1CCOC1. The van der Waals surface area contributed by atoms with Crippen molar-refractivity contribution in [3.63, 3.8) is 0 Å². The molecule has 0 aliphatic carbocycles. The minimum atomic E-state index is -0.286. The highest BCUT2D eigenvalue weighted by molar-refractivity contribution is 7.12. The maximum atomic E-state index is 11.4. The van der Waals surface area contributed by atoms with Crippen molar-refractivity contribution in [2.45, 2.75) is 12.5 Å². The Bertz CT molecular complexity index is 344. The van der Waals surface area contributed by atoms with Crippen LogP contribution in [0.5, 0.6) is 0 Å².